The number of carbonyl (C=O) groups is 1. The standard InChI is InChI=1S/C18H29FN4O2.HI/c1-4-10-21-17(24)9-11-22-18(20-5-2)23-13-14(3)25-16-8-6-7-15(19)12-16;/h6-8,12,14H,4-5,9-11,13H2,1-3H3,(H,21,24)(H2,20,22,23);1H. The highest BCUT2D eigenvalue weighted by molar-refractivity contribution is 14.0. The van der Waals surface area contributed by atoms with Crippen molar-refractivity contribution < 1.29 is 13.9 Å². The molecule has 0 aliphatic rings. The molecule has 0 bridgehead atoms. The zero-order valence-electron chi connectivity index (χ0n) is 15.7. The van der Waals surface area contributed by atoms with Crippen LogP contribution in [0.25, 0.3) is 0 Å². The highest BCUT2D eigenvalue weighted by Gasteiger charge is 2.06. The predicted octanol–water partition coefficient (Wildman–Crippen LogP) is 2.68. The zero-order valence-corrected chi connectivity index (χ0v) is 18.0. The number of hydrogen-bond donors (Lipinski definition) is 3. The van der Waals surface area contributed by atoms with Gasteiger partial charge in [0.25, 0.3) is 0 Å². The van der Waals surface area contributed by atoms with Crippen molar-refractivity contribution in [2.45, 2.75) is 39.7 Å². The number of hydrogen-bond acceptors (Lipinski definition) is 3. The van der Waals surface area contributed by atoms with E-state index >= 15 is 0 Å². The summed E-state index contributed by atoms with van der Waals surface area (Å²) in [4.78, 5) is 16.0. The van der Waals surface area contributed by atoms with Crippen LogP contribution in [-0.2, 0) is 4.79 Å². The van der Waals surface area contributed by atoms with Crippen molar-refractivity contribution in [3.05, 3.63) is 30.1 Å². The van der Waals surface area contributed by atoms with Crippen LogP contribution in [0.5, 0.6) is 5.75 Å². The molecule has 0 radical (unpaired) electrons. The number of benzene rings is 1. The van der Waals surface area contributed by atoms with Gasteiger partial charge in [-0.15, -0.1) is 24.0 Å². The fourth-order valence-corrected chi connectivity index (χ4v) is 2.02. The maximum Gasteiger partial charge on any atom is 0.221 e. The summed E-state index contributed by atoms with van der Waals surface area (Å²) in [5.41, 5.74) is 0. The fourth-order valence-electron chi connectivity index (χ4n) is 2.02. The second kappa shape index (κ2) is 14.6. The molecule has 0 fully saturated rings. The molecule has 6 nitrogen and oxygen atoms in total. The van der Waals surface area contributed by atoms with Gasteiger partial charge in [0.15, 0.2) is 5.96 Å². The van der Waals surface area contributed by atoms with Gasteiger partial charge < -0.3 is 20.7 Å². The van der Waals surface area contributed by atoms with E-state index in [4.69, 9.17) is 4.74 Å². The van der Waals surface area contributed by atoms with Crippen LogP contribution in [0.2, 0.25) is 0 Å². The molecule has 0 aliphatic heterocycles. The highest BCUT2D eigenvalue weighted by atomic mass is 127. The van der Waals surface area contributed by atoms with Gasteiger partial charge in [0, 0.05) is 32.1 Å². The van der Waals surface area contributed by atoms with E-state index in [9.17, 15) is 9.18 Å². The molecule has 0 heterocycles. The van der Waals surface area contributed by atoms with Crippen LogP contribution in [0.15, 0.2) is 29.3 Å². The van der Waals surface area contributed by atoms with E-state index in [0.29, 0.717) is 44.3 Å². The monoisotopic (exact) mass is 480 g/mol. The summed E-state index contributed by atoms with van der Waals surface area (Å²) in [5, 5.41) is 9.07. The molecule has 1 rings (SSSR count). The zero-order chi connectivity index (χ0) is 18.5. The topological polar surface area (TPSA) is 74.8 Å². The van der Waals surface area contributed by atoms with Crippen LogP contribution in [0.1, 0.15) is 33.6 Å². The molecule has 148 valence electrons. The average Bonchev–Trinajstić information content (AvgIpc) is 2.58. The van der Waals surface area contributed by atoms with Crippen LogP contribution in [-0.4, -0.2) is 44.1 Å². The third-order valence-electron chi connectivity index (χ3n) is 3.20. The average molecular weight is 480 g/mol. The van der Waals surface area contributed by atoms with Crippen molar-refractivity contribution in [2.24, 2.45) is 4.99 Å². The second-order valence-electron chi connectivity index (χ2n) is 5.63. The predicted molar refractivity (Wildman–Crippen MR) is 114 cm³/mol. The number of guanidine groups is 1. The van der Waals surface area contributed by atoms with Crippen molar-refractivity contribution in [1.82, 2.24) is 16.0 Å². The summed E-state index contributed by atoms with van der Waals surface area (Å²) in [6.45, 7) is 8.18. The molecule has 0 saturated heterocycles. The smallest absolute Gasteiger partial charge is 0.221 e. The van der Waals surface area contributed by atoms with E-state index in [1.165, 1.54) is 12.1 Å². The lowest BCUT2D eigenvalue weighted by Gasteiger charge is -2.15. The van der Waals surface area contributed by atoms with E-state index < -0.39 is 0 Å². The first-order valence-corrected chi connectivity index (χ1v) is 8.76. The first-order chi connectivity index (χ1) is 12.0. The van der Waals surface area contributed by atoms with E-state index in [1.54, 1.807) is 12.1 Å². The van der Waals surface area contributed by atoms with Crippen molar-refractivity contribution in [3.63, 3.8) is 0 Å². The molecule has 0 aliphatic carbocycles. The summed E-state index contributed by atoms with van der Waals surface area (Å²) < 4.78 is 18.8. The Bertz CT molecular complexity index is 558. The number of nitrogens with zero attached hydrogens (tertiary/aromatic N) is 1. The summed E-state index contributed by atoms with van der Waals surface area (Å²) in [6, 6.07) is 6.04. The van der Waals surface area contributed by atoms with Crippen LogP contribution in [0, 0.1) is 5.82 Å². The Balaban J connectivity index is 0.00000625. The quantitative estimate of drug-likeness (QED) is 0.274. The van der Waals surface area contributed by atoms with Gasteiger partial charge in [0.2, 0.25) is 5.91 Å². The Morgan fingerprint density at radius 2 is 2.00 bits per heavy atom. The first kappa shape index (κ1) is 24.4. The molecule has 0 spiro atoms. The first-order valence-electron chi connectivity index (χ1n) is 8.76. The third kappa shape index (κ3) is 11.1. The molecular formula is C18H30FIN4O2. The van der Waals surface area contributed by atoms with Gasteiger partial charge in [-0.2, -0.15) is 0 Å². The molecule has 1 aromatic carbocycles. The van der Waals surface area contributed by atoms with Gasteiger partial charge >= 0.3 is 0 Å². The number of nitrogens with one attached hydrogen (secondary N) is 3. The number of ether oxygens (including phenoxy) is 1. The molecule has 0 aromatic heterocycles. The Kier molecular flexibility index (Phi) is 13.7. The van der Waals surface area contributed by atoms with Crippen LogP contribution < -0.4 is 20.7 Å². The van der Waals surface area contributed by atoms with E-state index in [0.717, 1.165) is 6.42 Å². The molecule has 1 aromatic rings. The number of amides is 1. The van der Waals surface area contributed by atoms with Crippen LogP contribution in [0.3, 0.4) is 0 Å². The molecule has 1 amide bonds. The molecule has 3 N–H and O–H groups in total. The molecular weight excluding hydrogens is 450 g/mol. The molecule has 8 heteroatoms. The van der Waals surface area contributed by atoms with Gasteiger partial charge in [-0.25, -0.2) is 9.38 Å². The molecule has 0 saturated carbocycles. The Hall–Kier alpha value is -1.58. The lowest BCUT2D eigenvalue weighted by atomic mass is 10.3. The minimum absolute atomic E-state index is 0. The van der Waals surface area contributed by atoms with Crippen molar-refractivity contribution in [1.29, 1.82) is 0 Å². The van der Waals surface area contributed by atoms with E-state index in [1.807, 2.05) is 20.8 Å². The minimum atomic E-state index is -0.329. The number of halogens is 2. The second-order valence-corrected chi connectivity index (χ2v) is 5.63. The number of carbonyl (C=O) groups excluding carboxylic acids is 1. The Morgan fingerprint density at radius 3 is 2.65 bits per heavy atom. The maximum atomic E-state index is 13.2. The largest absolute Gasteiger partial charge is 0.489 e. The van der Waals surface area contributed by atoms with Gasteiger partial charge in [0.05, 0.1) is 6.54 Å². The minimum Gasteiger partial charge on any atom is -0.489 e. The molecule has 26 heavy (non-hydrogen) atoms. The summed E-state index contributed by atoms with van der Waals surface area (Å²) in [5.74, 6) is 0.797. The van der Waals surface area contributed by atoms with Crippen molar-refractivity contribution in [3.8, 4) is 5.75 Å². The summed E-state index contributed by atoms with van der Waals surface area (Å²) in [6.07, 6.45) is 1.11. The van der Waals surface area contributed by atoms with E-state index in [2.05, 4.69) is 20.9 Å². The highest BCUT2D eigenvalue weighted by Crippen LogP contribution is 2.13. The Morgan fingerprint density at radius 1 is 1.23 bits per heavy atom. The van der Waals surface area contributed by atoms with Gasteiger partial charge in [-0.3, -0.25) is 4.79 Å². The van der Waals surface area contributed by atoms with Crippen molar-refractivity contribution >= 4 is 35.8 Å². The summed E-state index contributed by atoms with van der Waals surface area (Å²) in [7, 11) is 0. The Labute approximate surface area is 172 Å². The van der Waals surface area contributed by atoms with Crippen molar-refractivity contribution in [2.75, 3.05) is 26.2 Å². The summed E-state index contributed by atoms with van der Waals surface area (Å²) >= 11 is 0. The van der Waals surface area contributed by atoms with Gasteiger partial charge in [-0.1, -0.05) is 13.0 Å². The van der Waals surface area contributed by atoms with Crippen LogP contribution in [0.4, 0.5) is 4.39 Å². The number of rotatable bonds is 10. The van der Waals surface area contributed by atoms with Crippen LogP contribution >= 0.6 is 24.0 Å². The molecule has 1 atom stereocenters. The lowest BCUT2D eigenvalue weighted by Crippen LogP contribution is -2.40. The van der Waals surface area contributed by atoms with E-state index in [-0.39, 0.29) is 41.8 Å². The van der Waals surface area contributed by atoms with Gasteiger partial charge in [-0.05, 0) is 32.4 Å². The molecule has 1 unspecified atom stereocenters. The SMILES string of the molecule is CCCNC(=O)CCNC(=NCC(C)Oc1cccc(F)c1)NCC.I. The van der Waals surface area contributed by atoms with Gasteiger partial charge in [0.1, 0.15) is 17.7 Å². The number of aliphatic imine (C=N–C) groups is 1. The maximum absolute atomic E-state index is 13.2. The lowest BCUT2D eigenvalue weighted by molar-refractivity contribution is -0.120. The third-order valence-corrected chi connectivity index (χ3v) is 3.20. The normalized spacial score (nSPS) is 11.9. The fraction of sp³-hybridized carbons (Fsp3) is 0.556.